The molecule has 0 radical (unpaired) electrons. The highest BCUT2D eigenvalue weighted by molar-refractivity contribution is 6.44. The second-order valence-electron chi connectivity index (χ2n) is 3.53. The summed E-state index contributed by atoms with van der Waals surface area (Å²) in [6, 6.07) is 0. The normalized spacial score (nSPS) is 22.6. The minimum atomic E-state index is 0. The molecular formula is C10H17ClMg. The van der Waals surface area contributed by atoms with Crippen molar-refractivity contribution in [1.82, 2.24) is 0 Å². The molecule has 1 atom stereocenters. The number of halogens is 1. The highest BCUT2D eigenvalue weighted by atomic mass is 35.5. The second kappa shape index (κ2) is 4.68. The SMILES string of the molecule is Cl.[CH3][Mg][C]1=C(C)C(C)=C(C)C1C. The zero-order valence-corrected chi connectivity index (χ0v) is 10.9. The molecule has 0 aromatic heterocycles. The quantitative estimate of drug-likeness (QED) is 0.565. The largest absolute Gasteiger partial charge is 0.399 e. The first-order chi connectivity index (χ1) is 5.09. The van der Waals surface area contributed by atoms with Crippen LogP contribution in [0.1, 0.15) is 27.7 Å². The van der Waals surface area contributed by atoms with Crippen LogP contribution in [0, 0.1) is 5.92 Å². The summed E-state index contributed by atoms with van der Waals surface area (Å²) < 4.78 is 1.78. The van der Waals surface area contributed by atoms with E-state index in [0.29, 0.717) is 0 Å². The first kappa shape index (κ1) is 12.5. The molecular weight excluding hydrogens is 180 g/mol. The molecule has 0 aromatic rings. The average Bonchev–Trinajstić information content (AvgIpc) is 2.17. The lowest BCUT2D eigenvalue weighted by molar-refractivity contribution is 0.855. The van der Waals surface area contributed by atoms with Crippen LogP contribution in [0.2, 0.25) is 5.05 Å². The van der Waals surface area contributed by atoms with Gasteiger partial charge in [0.25, 0.3) is 0 Å². The summed E-state index contributed by atoms with van der Waals surface area (Å²) in [6.45, 7) is 9.17. The molecule has 0 N–H and O–H groups in total. The van der Waals surface area contributed by atoms with Crippen LogP contribution in [0.25, 0.3) is 0 Å². The Morgan fingerprint density at radius 1 is 1.08 bits per heavy atom. The summed E-state index contributed by atoms with van der Waals surface area (Å²) in [5.74, 6) is 0.770. The van der Waals surface area contributed by atoms with Gasteiger partial charge in [0.2, 0.25) is 0 Å². The van der Waals surface area contributed by atoms with Gasteiger partial charge in [-0.05, 0) is 26.7 Å². The molecule has 1 unspecified atom stereocenters. The van der Waals surface area contributed by atoms with Gasteiger partial charge in [-0.2, -0.15) is 8.76 Å². The standard InChI is InChI=1S/C9H13.CH3.ClH.Mg/c1-6-5-7(2)9(4)8(6)3;;;/h6H,1-4H3;1H3;1H;. The molecule has 0 saturated carbocycles. The molecule has 66 valence electrons. The average molecular weight is 197 g/mol. The minimum absolute atomic E-state index is 0. The maximum Gasteiger partial charge on any atom is 0.399 e. The highest BCUT2D eigenvalue weighted by Gasteiger charge is 2.21. The van der Waals surface area contributed by atoms with Gasteiger partial charge in [0.05, 0.1) is 0 Å². The van der Waals surface area contributed by atoms with Gasteiger partial charge in [0.1, 0.15) is 0 Å². The van der Waals surface area contributed by atoms with E-state index in [4.69, 9.17) is 0 Å². The van der Waals surface area contributed by atoms with Crippen molar-refractivity contribution in [3.05, 3.63) is 20.4 Å². The summed E-state index contributed by atoms with van der Waals surface area (Å²) in [6.07, 6.45) is 0. The van der Waals surface area contributed by atoms with E-state index >= 15 is 0 Å². The molecule has 1 aliphatic carbocycles. The van der Waals surface area contributed by atoms with Crippen molar-refractivity contribution in [2.45, 2.75) is 32.7 Å². The lowest BCUT2D eigenvalue weighted by Gasteiger charge is -2.09. The fourth-order valence-corrected chi connectivity index (χ4v) is 3.73. The first-order valence-electron chi connectivity index (χ1n) is 4.47. The van der Waals surface area contributed by atoms with Crippen molar-refractivity contribution in [2.24, 2.45) is 5.92 Å². The van der Waals surface area contributed by atoms with Crippen LogP contribution in [0.15, 0.2) is 20.4 Å². The second-order valence-corrected chi connectivity index (χ2v) is 5.00. The molecule has 0 heterocycles. The number of hydrogen-bond acceptors (Lipinski definition) is 0. The van der Waals surface area contributed by atoms with E-state index in [9.17, 15) is 0 Å². The Labute approximate surface area is 91.6 Å². The zero-order valence-electron chi connectivity index (χ0n) is 8.69. The molecule has 0 fully saturated rings. The molecule has 12 heavy (non-hydrogen) atoms. The molecule has 0 spiro atoms. The minimum Gasteiger partial charge on any atom is -0.185 e. The molecule has 0 aromatic carbocycles. The Balaban J connectivity index is 0.00000121. The third-order valence-electron chi connectivity index (χ3n) is 3.19. The van der Waals surface area contributed by atoms with Gasteiger partial charge < -0.3 is 0 Å². The molecule has 0 nitrogen and oxygen atoms in total. The van der Waals surface area contributed by atoms with Crippen molar-refractivity contribution >= 4 is 32.8 Å². The van der Waals surface area contributed by atoms with Gasteiger partial charge in [-0.25, -0.2) is 0 Å². The third kappa shape index (κ3) is 1.89. The monoisotopic (exact) mass is 196 g/mol. The van der Waals surface area contributed by atoms with Crippen LogP contribution in [-0.2, 0) is 0 Å². The number of allylic oxidation sites excluding steroid dienone is 4. The van der Waals surface area contributed by atoms with Crippen LogP contribution < -0.4 is 0 Å². The molecule has 1 aliphatic rings. The van der Waals surface area contributed by atoms with E-state index in [1.165, 1.54) is 0 Å². The van der Waals surface area contributed by atoms with E-state index in [1.807, 2.05) is 0 Å². The highest BCUT2D eigenvalue weighted by Crippen LogP contribution is 2.35. The Kier molecular flexibility index (Phi) is 4.89. The first-order valence-corrected chi connectivity index (χ1v) is 6.59. The van der Waals surface area contributed by atoms with E-state index in [2.05, 4.69) is 32.7 Å². The fourth-order valence-electron chi connectivity index (χ4n) is 2.02. The fraction of sp³-hybridized carbons (Fsp3) is 0.600. The van der Waals surface area contributed by atoms with E-state index in [-0.39, 0.29) is 32.8 Å². The molecule has 1 rings (SSSR count). The third-order valence-corrected chi connectivity index (χ3v) is 5.09. The van der Waals surface area contributed by atoms with E-state index in [1.54, 1.807) is 20.4 Å². The van der Waals surface area contributed by atoms with Crippen molar-refractivity contribution < 1.29 is 0 Å². The smallest absolute Gasteiger partial charge is 0.185 e. The molecule has 0 saturated heterocycles. The maximum absolute atomic E-state index is 2.39. The van der Waals surface area contributed by atoms with Crippen molar-refractivity contribution in [1.29, 1.82) is 0 Å². The van der Waals surface area contributed by atoms with Crippen molar-refractivity contribution in [2.75, 3.05) is 0 Å². The van der Waals surface area contributed by atoms with Gasteiger partial charge in [0.15, 0.2) is 0 Å². The van der Waals surface area contributed by atoms with E-state index in [0.717, 1.165) is 5.92 Å². The van der Waals surface area contributed by atoms with Crippen LogP contribution in [0.3, 0.4) is 0 Å². The molecule has 0 amide bonds. The number of hydrogen-bond donors (Lipinski definition) is 0. The Morgan fingerprint density at radius 3 is 1.75 bits per heavy atom. The van der Waals surface area contributed by atoms with E-state index < -0.39 is 0 Å². The maximum atomic E-state index is 2.39. The van der Waals surface area contributed by atoms with Crippen LogP contribution in [0.4, 0.5) is 0 Å². The summed E-state index contributed by atoms with van der Waals surface area (Å²) in [4.78, 5) is 0. The van der Waals surface area contributed by atoms with Crippen LogP contribution >= 0.6 is 12.4 Å². The lowest BCUT2D eigenvalue weighted by atomic mass is 10.1. The lowest BCUT2D eigenvalue weighted by Crippen LogP contribution is -2.01. The van der Waals surface area contributed by atoms with Gasteiger partial charge in [-0.1, -0.05) is 23.6 Å². The topological polar surface area (TPSA) is 0 Å². The Morgan fingerprint density at radius 2 is 1.58 bits per heavy atom. The summed E-state index contributed by atoms with van der Waals surface area (Å²) >= 11 is 0.0699. The van der Waals surface area contributed by atoms with Gasteiger partial charge in [-0.15, -0.1) is 12.4 Å². The zero-order chi connectivity index (χ0) is 8.59. The van der Waals surface area contributed by atoms with Crippen LogP contribution in [0.5, 0.6) is 0 Å². The van der Waals surface area contributed by atoms with Crippen molar-refractivity contribution in [3.8, 4) is 0 Å². The molecule has 0 bridgehead atoms. The van der Waals surface area contributed by atoms with Gasteiger partial charge >= 0.3 is 20.4 Å². The summed E-state index contributed by atoms with van der Waals surface area (Å²) in [5.41, 5.74) is 4.76. The Bertz CT molecular complexity index is 238. The predicted molar refractivity (Wildman–Crippen MR) is 59.1 cm³/mol. The Hall–Kier alpha value is 0.536. The number of rotatable bonds is 1. The van der Waals surface area contributed by atoms with Gasteiger partial charge in [-0.3, -0.25) is 0 Å². The molecule has 0 aliphatic heterocycles. The van der Waals surface area contributed by atoms with Crippen LogP contribution in [-0.4, -0.2) is 20.4 Å². The van der Waals surface area contributed by atoms with Gasteiger partial charge in [0, 0.05) is 0 Å². The predicted octanol–water partition coefficient (Wildman–Crippen LogP) is 3.42. The van der Waals surface area contributed by atoms with Crippen molar-refractivity contribution in [3.63, 3.8) is 0 Å². The summed E-state index contributed by atoms with van der Waals surface area (Å²) in [7, 11) is 0. The summed E-state index contributed by atoms with van der Waals surface area (Å²) in [5, 5.41) is 2.39. The molecule has 2 heteroatoms.